The zero-order valence-corrected chi connectivity index (χ0v) is 17.7. The zero-order chi connectivity index (χ0) is 20.2. The lowest BCUT2D eigenvalue weighted by atomic mass is 9.98. The molecule has 2 rings (SSSR count). The second-order valence-electron chi connectivity index (χ2n) is 7.50. The number of amides is 1. The average Bonchev–Trinajstić information content (AvgIpc) is 2.72. The molecule has 6 heteroatoms. The number of nitrogens with zero attached hydrogens (tertiary/aromatic N) is 2. The first-order valence-corrected chi connectivity index (χ1v) is 10.5. The van der Waals surface area contributed by atoms with E-state index in [0.717, 1.165) is 37.6 Å². The van der Waals surface area contributed by atoms with Gasteiger partial charge in [-0.15, -0.1) is 0 Å². The van der Waals surface area contributed by atoms with Crippen molar-refractivity contribution in [3.63, 3.8) is 0 Å². The molecule has 2 N–H and O–H groups in total. The van der Waals surface area contributed by atoms with Crippen LogP contribution in [0.1, 0.15) is 61.4 Å². The number of hydrogen-bond donors (Lipinski definition) is 2. The van der Waals surface area contributed by atoms with Crippen molar-refractivity contribution in [1.82, 2.24) is 15.5 Å². The Morgan fingerprint density at radius 3 is 2.50 bits per heavy atom. The van der Waals surface area contributed by atoms with Crippen molar-refractivity contribution < 1.29 is 9.53 Å². The van der Waals surface area contributed by atoms with E-state index in [1.807, 2.05) is 24.3 Å². The van der Waals surface area contributed by atoms with Crippen molar-refractivity contribution in [2.24, 2.45) is 4.99 Å². The minimum atomic E-state index is 0.0144. The highest BCUT2D eigenvalue weighted by molar-refractivity contribution is 5.93. The number of nitrogens with one attached hydrogen (secondary N) is 2. The van der Waals surface area contributed by atoms with Crippen LogP contribution in [0.4, 0.5) is 0 Å². The van der Waals surface area contributed by atoms with E-state index in [0.29, 0.717) is 18.2 Å². The smallest absolute Gasteiger partial charge is 0.253 e. The largest absolute Gasteiger partial charge is 0.378 e. The summed E-state index contributed by atoms with van der Waals surface area (Å²) in [5.74, 6) is 0.828. The van der Waals surface area contributed by atoms with Gasteiger partial charge in [0.2, 0.25) is 0 Å². The van der Waals surface area contributed by atoms with Crippen LogP contribution in [-0.4, -0.2) is 56.7 Å². The normalized spacial score (nSPS) is 15.3. The molecule has 1 saturated carbocycles. The van der Waals surface area contributed by atoms with Crippen LogP contribution in [0.15, 0.2) is 29.3 Å². The van der Waals surface area contributed by atoms with E-state index in [4.69, 9.17) is 4.74 Å². The maximum absolute atomic E-state index is 11.9. The van der Waals surface area contributed by atoms with Crippen molar-refractivity contribution in [1.29, 1.82) is 0 Å². The van der Waals surface area contributed by atoms with Crippen LogP contribution in [0.5, 0.6) is 0 Å². The minimum absolute atomic E-state index is 0.0144. The standard InChI is InChI=1S/C22H36N4O2/c1-4-23-22(24-15-8-16-28-20-9-6-5-7-10-20)25-17-18-11-13-19(14-12-18)21(27)26(2)3/h11-14,20H,4-10,15-17H2,1-3H3,(H2,23,24,25). The van der Waals surface area contributed by atoms with Crippen molar-refractivity contribution in [3.05, 3.63) is 35.4 Å². The quantitative estimate of drug-likeness (QED) is 0.387. The van der Waals surface area contributed by atoms with Gasteiger partial charge in [-0.25, -0.2) is 4.99 Å². The van der Waals surface area contributed by atoms with E-state index < -0.39 is 0 Å². The monoisotopic (exact) mass is 388 g/mol. The summed E-state index contributed by atoms with van der Waals surface area (Å²) in [6.45, 7) is 5.10. The van der Waals surface area contributed by atoms with Crippen molar-refractivity contribution >= 4 is 11.9 Å². The second-order valence-corrected chi connectivity index (χ2v) is 7.50. The first-order chi connectivity index (χ1) is 13.6. The second kappa shape index (κ2) is 12.4. The lowest BCUT2D eigenvalue weighted by Gasteiger charge is -2.22. The van der Waals surface area contributed by atoms with E-state index in [-0.39, 0.29) is 5.91 Å². The zero-order valence-electron chi connectivity index (χ0n) is 17.7. The molecular weight excluding hydrogens is 352 g/mol. The number of rotatable bonds is 9. The number of ether oxygens (including phenoxy) is 1. The van der Waals surface area contributed by atoms with Gasteiger partial charge in [0, 0.05) is 39.4 Å². The number of carbonyl (C=O) groups is 1. The molecule has 0 unspecified atom stereocenters. The van der Waals surface area contributed by atoms with Gasteiger partial charge in [-0.05, 0) is 43.9 Å². The van der Waals surface area contributed by atoms with Gasteiger partial charge in [-0.3, -0.25) is 4.79 Å². The highest BCUT2D eigenvalue weighted by Gasteiger charge is 2.13. The Morgan fingerprint density at radius 1 is 1.14 bits per heavy atom. The molecule has 6 nitrogen and oxygen atoms in total. The fourth-order valence-electron chi connectivity index (χ4n) is 3.28. The van der Waals surface area contributed by atoms with Gasteiger partial charge < -0.3 is 20.3 Å². The van der Waals surface area contributed by atoms with Gasteiger partial charge in [0.05, 0.1) is 12.6 Å². The Bertz CT molecular complexity index is 607. The third-order valence-corrected chi connectivity index (χ3v) is 4.89. The molecule has 1 aliphatic carbocycles. The third-order valence-electron chi connectivity index (χ3n) is 4.89. The van der Waals surface area contributed by atoms with Gasteiger partial charge in [0.1, 0.15) is 0 Å². The lowest BCUT2D eigenvalue weighted by molar-refractivity contribution is 0.0277. The van der Waals surface area contributed by atoms with Gasteiger partial charge in [-0.2, -0.15) is 0 Å². The van der Waals surface area contributed by atoms with Crippen molar-refractivity contribution in [2.45, 2.75) is 58.1 Å². The first kappa shape index (κ1) is 22.2. The number of aliphatic imine (C=N–C) groups is 1. The summed E-state index contributed by atoms with van der Waals surface area (Å²) in [5, 5.41) is 6.65. The molecule has 0 aromatic heterocycles. The Balaban J connectivity index is 1.74. The summed E-state index contributed by atoms with van der Waals surface area (Å²) in [4.78, 5) is 18.2. The predicted molar refractivity (Wildman–Crippen MR) is 115 cm³/mol. The molecule has 0 aliphatic heterocycles. The first-order valence-electron chi connectivity index (χ1n) is 10.5. The van der Waals surface area contributed by atoms with Gasteiger partial charge in [0.25, 0.3) is 5.91 Å². The Hall–Kier alpha value is -2.08. The molecule has 28 heavy (non-hydrogen) atoms. The molecule has 0 spiro atoms. The summed E-state index contributed by atoms with van der Waals surface area (Å²) in [5.41, 5.74) is 1.77. The molecule has 0 saturated heterocycles. The van der Waals surface area contributed by atoms with Gasteiger partial charge in [0.15, 0.2) is 5.96 Å². The Kier molecular flexibility index (Phi) is 9.83. The van der Waals surface area contributed by atoms with E-state index in [1.54, 1.807) is 19.0 Å². The van der Waals surface area contributed by atoms with Crippen molar-refractivity contribution in [3.8, 4) is 0 Å². The fraction of sp³-hybridized carbons (Fsp3) is 0.636. The van der Waals surface area contributed by atoms with Gasteiger partial charge in [-0.1, -0.05) is 31.4 Å². The molecule has 1 aromatic rings. The van der Waals surface area contributed by atoms with E-state index in [1.165, 1.54) is 32.1 Å². The highest BCUT2D eigenvalue weighted by Crippen LogP contribution is 2.20. The maximum Gasteiger partial charge on any atom is 0.253 e. The maximum atomic E-state index is 11.9. The fourth-order valence-corrected chi connectivity index (χ4v) is 3.28. The van der Waals surface area contributed by atoms with Crippen LogP contribution in [-0.2, 0) is 11.3 Å². The Morgan fingerprint density at radius 2 is 1.86 bits per heavy atom. The molecule has 0 bridgehead atoms. The average molecular weight is 389 g/mol. The van der Waals surface area contributed by atoms with E-state index >= 15 is 0 Å². The summed E-state index contributed by atoms with van der Waals surface area (Å²) in [6.07, 6.45) is 7.86. The number of carbonyl (C=O) groups excluding carboxylic acids is 1. The van der Waals surface area contributed by atoms with Crippen LogP contribution in [0.3, 0.4) is 0 Å². The van der Waals surface area contributed by atoms with Crippen LogP contribution >= 0.6 is 0 Å². The lowest BCUT2D eigenvalue weighted by Crippen LogP contribution is -2.38. The van der Waals surface area contributed by atoms with Crippen LogP contribution in [0.2, 0.25) is 0 Å². The molecule has 1 fully saturated rings. The number of hydrogen-bond acceptors (Lipinski definition) is 3. The predicted octanol–water partition coefficient (Wildman–Crippen LogP) is 3.18. The summed E-state index contributed by atoms with van der Waals surface area (Å²) in [6, 6.07) is 7.63. The number of benzene rings is 1. The SMILES string of the molecule is CCNC(=NCc1ccc(C(=O)N(C)C)cc1)NCCCOC1CCCCC1. The number of guanidine groups is 1. The summed E-state index contributed by atoms with van der Waals surface area (Å²) in [7, 11) is 3.52. The third kappa shape index (κ3) is 7.89. The van der Waals surface area contributed by atoms with E-state index in [2.05, 4.69) is 22.5 Å². The van der Waals surface area contributed by atoms with Crippen molar-refractivity contribution in [2.75, 3.05) is 33.8 Å². The molecule has 156 valence electrons. The highest BCUT2D eigenvalue weighted by atomic mass is 16.5. The van der Waals surface area contributed by atoms with Gasteiger partial charge >= 0.3 is 0 Å². The van der Waals surface area contributed by atoms with E-state index in [9.17, 15) is 4.79 Å². The molecule has 0 heterocycles. The molecular formula is C22H36N4O2. The van der Waals surface area contributed by atoms with Crippen LogP contribution < -0.4 is 10.6 Å². The summed E-state index contributed by atoms with van der Waals surface area (Å²) < 4.78 is 5.97. The minimum Gasteiger partial charge on any atom is -0.378 e. The molecule has 1 amide bonds. The summed E-state index contributed by atoms with van der Waals surface area (Å²) >= 11 is 0. The molecule has 1 aliphatic rings. The van der Waals surface area contributed by atoms with Crippen LogP contribution in [0, 0.1) is 0 Å². The molecule has 0 atom stereocenters. The Labute approximate surface area is 169 Å². The topological polar surface area (TPSA) is 66.0 Å². The van der Waals surface area contributed by atoms with Crippen LogP contribution in [0.25, 0.3) is 0 Å². The molecule has 1 aromatic carbocycles. The molecule has 0 radical (unpaired) electrons.